The molecule has 5 heteroatoms. The highest BCUT2D eigenvalue weighted by Crippen LogP contribution is 1.95. The maximum Gasteiger partial charge on any atom is 0.331 e. The van der Waals surface area contributed by atoms with E-state index in [-0.39, 0.29) is 18.2 Å². The molecule has 0 spiro atoms. The third-order valence-corrected chi connectivity index (χ3v) is 2.56. The Bertz CT molecular complexity index is 511. The van der Waals surface area contributed by atoms with E-state index >= 15 is 0 Å². The molecule has 0 unspecified atom stereocenters. The van der Waals surface area contributed by atoms with Gasteiger partial charge >= 0.3 is 5.69 Å². The second-order valence-electron chi connectivity index (χ2n) is 4.34. The van der Waals surface area contributed by atoms with Crippen LogP contribution >= 0.6 is 0 Å². The molecular weight excluding hydrogens is 220 g/mol. The predicted molar refractivity (Wildman–Crippen MR) is 65.1 cm³/mol. The van der Waals surface area contributed by atoms with Crippen molar-refractivity contribution in [3.8, 4) is 0 Å². The van der Waals surface area contributed by atoms with E-state index in [1.165, 1.54) is 16.8 Å². The van der Waals surface area contributed by atoms with Crippen LogP contribution in [0.15, 0.2) is 21.9 Å². The van der Waals surface area contributed by atoms with Crippen molar-refractivity contribution in [3.63, 3.8) is 0 Å². The lowest BCUT2D eigenvalue weighted by molar-refractivity contribution is -0.122. The topological polar surface area (TPSA) is 61.1 Å². The van der Waals surface area contributed by atoms with Crippen LogP contribution < -0.4 is 11.2 Å². The Balaban J connectivity index is 3.14. The van der Waals surface area contributed by atoms with Gasteiger partial charge in [-0.3, -0.25) is 14.2 Å². The van der Waals surface area contributed by atoms with Gasteiger partial charge < -0.3 is 4.57 Å². The Morgan fingerprint density at radius 3 is 2.53 bits per heavy atom. The first-order valence-electron chi connectivity index (χ1n) is 5.80. The van der Waals surface area contributed by atoms with Crippen LogP contribution in [0.2, 0.25) is 0 Å². The highest BCUT2D eigenvalue weighted by atomic mass is 16.2. The number of nitrogens with zero attached hydrogens (tertiary/aromatic N) is 2. The number of Topliss-reactive ketones (excluding diaryl/α,β-unsaturated/α-hetero) is 1. The highest BCUT2D eigenvalue weighted by molar-refractivity contribution is 5.80. The second-order valence-corrected chi connectivity index (χ2v) is 4.34. The van der Waals surface area contributed by atoms with Gasteiger partial charge in [0.05, 0.1) is 6.54 Å². The van der Waals surface area contributed by atoms with Crippen LogP contribution in [0, 0.1) is 5.92 Å². The molecule has 0 saturated heterocycles. The molecule has 0 aliphatic heterocycles. The largest absolute Gasteiger partial charge is 0.331 e. The maximum absolute atomic E-state index is 11.9. The average Bonchev–Trinajstić information content (AvgIpc) is 2.28. The highest BCUT2D eigenvalue weighted by Gasteiger charge is 2.12. The fourth-order valence-corrected chi connectivity index (χ4v) is 1.45. The molecule has 1 rings (SSSR count). The molecule has 0 aliphatic carbocycles. The minimum Gasteiger partial charge on any atom is -0.300 e. The van der Waals surface area contributed by atoms with Crippen molar-refractivity contribution in [1.29, 1.82) is 0 Å². The van der Waals surface area contributed by atoms with E-state index in [1.807, 2.05) is 6.92 Å². The zero-order valence-electron chi connectivity index (χ0n) is 10.5. The first-order chi connectivity index (χ1) is 7.97. The molecule has 5 nitrogen and oxygen atoms in total. The number of aryl methyl sites for hydroxylation is 1. The van der Waals surface area contributed by atoms with Crippen LogP contribution in [0.25, 0.3) is 0 Å². The number of hydrogen-bond donors (Lipinski definition) is 0. The molecule has 0 aliphatic rings. The smallest absolute Gasteiger partial charge is 0.300 e. The molecule has 1 aromatic rings. The zero-order chi connectivity index (χ0) is 13.0. The van der Waals surface area contributed by atoms with Crippen LogP contribution in [0.1, 0.15) is 27.2 Å². The van der Waals surface area contributed by atoms with E-state index in [9.17, 15) is 14.4 Å². The average molecular weight is 238 g/mol. The Labute approximate surface area is 99.7 Å². The summed E-state index contributed by atoms with van der Waals surface area (Å²) in [5, 5.41) is 0. The molecule has 0 N–H and O–H groups in total. The molecule has 1 heterocycles. The van der Waals surface area contributed by atoms with Crippen molar-refractivity contribution in [2.75, 3.05) is 0 Å². The molecular formula is C12H18N2O3. The van der Waals surface area contributed by atoms with Gasteiger partial charge in [0.1, 0.15) is 0 Å². The summed E-state index contributed by atoms with van der Waals surface area (Å²) in [7, 11) is 0. The first kappa shape index (κ1) is 13.4. The van der Waals surface area contributed by atoms with Gasteiger partial charge in [-0.05, 0) is 6.42 Å². The number of carbonyl (C=O) groups excluding carboxylic acids is 1. The standard InChI is InChI=1S/C12H18N2O3/c1-4-6-13-7-5-11(16)14(12(13)17)8-10(15)9(2)3/h5,7,9H,4,6,8H2,1-3H3. The normalized spacial score (nSPS) is 10.8. The first-order valence-corrected chi connectivity index (χ1v) is 5.80. The van der Waals surface area contributed by atoms with Crippen LogP contribution in [0.3, 0.4) is 0 Å². The van der Waals surface area contributed by atoms with Gasteiger partial charge in [-0.25, -0.2) is 4.79 Å². The molecule has 0 saturated carbocycles. The quantitative estimate of drug-likeness (QED) is 0.756. The monoisotopic (exact) mass is 238 g/mol. The summed E-state index contributed by atoms with van der Waals surface area (Å²) in [4.78, 5) is 35.0. The molecule has 0 radical (unpaired) electrons. The SMILES string of the molecule is CCCn1ccc(=O)n(CC(=O)C(C)C)c1=O. The number of rotatable bonds is 5. The van der Waals surface area contributed by atoms with Crippen molar-refractivity contribution in [2.45, 2.75) is 40.3 Å². The van der Waals surface area contributed by atoms with E-state index in [4.69, 9.17) is 0 Å². The fraction of sp³-hybridized carbons (Fsp3) is 0.583. The Kier molecular flexibility index (Phi) is 4.43. The summed E-state index contributed by atoms with van der Waals surface area (Å²) in [6.45, 7) is 5.86. The molecule has 94 valence electrons. The third kappa shape index (κ3) is 3.15. The van der Waals surface area contributed by atoms with E-state index in [0.29, 0.717) is 6.54 Å². The summed E-state index contributed by atoms with van der Waals surface area (Å²) in [5.74, 6) is -0.292. The Morgan fingerprint density at radius 1 is 1.35 bits per heavy atom. The molecule has 0 aromatic carbocycles. The van der Waals surface area contributed by atoms with Crippen molar-refractivity contribution in [2.24, 2.45) is 5.92 Å². The van der Waals surface area contributed by atoms with E-state index < -0.39 is 11.2 Å². The van der Waals surface area contributed by atoms with Gasteiger partial charge in [-0.1, -0.05) is 20.8 Å². The van der Waals surface area contributed by atoms with Crippen LogP contribution in [0.5, 0.6) is 0 Å². The van der Waals surface area contributed by atoms with Crippen molar-refractivity contribution >= 4 is 5.78 Å². The summed E-state index contributed by atoms with van der Waals surface area (Å²) in [6.07, 6.45) is 2.28. The van der Waals surface area contributed by atoms with Gasteiger partial charge in [0.2, 0.25) is 0 Å². The number of hydrogen-bond acceptors (Lipinski definition) is 3. The summed E-state index contributed by atoms with van der Waals surface area (Å²) in [5.41, 5.74) is -0.829. The Hall–Kier alpha value is -1.65. The van der Waals surface area contributed by atoms with E-state index in [1.54, 1.807) is 13.8 Å². The number of ketones is 1. The van der Waals surface area contributed by atoms with Gasteiger partial charge in [-0.2, -0.15) is 0 Å². The van der Waals surface area contributed by atoms with E-state index in [0.717, 1.165) is 11.0 Å². The molecule has 0 amide bonds. The van der Waals surface area contributed by atoms with Gasteiger partial charge in [0.25, 0.3) is 5.56 Å². The minimum absolute atomic E-state index is 0.113. The lowest BCUT2D eigenvalue weighted by Gasteiger charge is -2.09. The molecule has 17 heavy (non-hydrogen) atoms. The van der Waals surface area contributed by atoms with Crippen molar-refractivity contribution < 1.29 is 4.79 Å². The van der Waals surface area contributed by atoms with Gasteiger partial charge in [0, 0.05) is 24.7 Å². The zero-order valence-corrected chi connectivity index (χ0v) is 10.5. The Morgan fingerprint density at radius 2 is 2.00 bits per heavy atom. The minimum atomic E-state index is -0.420. The van der Waals surface area contributed by atoms with Crippen molar-refractivity contribution in [1.82, 2.24) is 9.13 Å². The van der Waals surface area contributed by atoms with Crippen LogP contribution in [0.4, 0.5) is 0 Å². The predicted octanol–water partition coefficient (Wildman–Crippen LogP) is 0.645. The van der Waals surface area contributed by atoms with E-state index in [2.05, 4.69) is 0 Å². The fourth-order valence-electron chi connectivity index (χ4n) is 1.45. The van der Waals surface area contributed by atoms with Crippen molar-refractivity contribution in [3.05, 3.63) is 33.1 Å². The summed E-state index contributed by atoms with van der Waals surface area (Å²) >= 11 is 0. The lowest BCUT2D eigenvalue weighted by Crippen LogP contribution is -2.41. The summed E-state index contributed by atoms with van der Waals surface area (Å²) < 4.78 is 2.45. The molecule has 1 aromatic heterocycles. The van der Waals surface area contributed by atoms with Gasteiger partial charge in [0.15, 0.2) is 5.78 Å². The van der Waals surface area contributed by atoms with Crippen LogP contribution in [-0.2, 0) is 17.9 Å². The number of carbonyl (C=O) groups is 1. The maximum atomic E-state index is 11.9. The van der Waals surface area contributed by atoms with Crippen LogP contribution in [-0.4, -0.2) is 14.9 Å². The van der Waals surface area contributed by atoms with Gasteiger partial charge in [-0.15, -0.1) is 0 Å². The molecule has 0 atom stereocenters. The third-order valence-electron chi connectivity index (χ3n) is 2.56. The summed E-state index contributed by atoms with van der Waals surface area (Å²) in [6, 6.07) is 1.32. The lowest BCUT2D eigenvalue weighted by atomic mass is 10.1. The number of aromatic nitrogens is 2. The second kappa shape index (κ2) is 5.61. The molecule has 0 fully saturated rings. The molecule has 0 bridgehead atoms.